The summed E-state index contributed by atoms with van der Waals surface area (Å²) >= 11 is 0. The fourth-order valence-electron chi connectivity index (χ4n) is 5.92. The van der Waals surface area contributed by atoms with E-state index in [0.29, 0.717) is 23.4 Å². The Balaban J connectivity index is 1.26. The maximum atomic E-state index is 15.1. The fourth-order valence-corrected chi connectivity index (χ4v) is 5.92. The van der Waals surface area contributed by atoms with Gasteiger partial charge in [0, 0.05) is 30.6 Å². The first-order valence-corrected chi connectivity index (χ1v) is 14.4. The van der Waals surface area contributed by atoms with Crippen LogP contribution in [0.15, 0.2) is 54.7 Å². The molecule has 1 aliphatic carbocycles. The standard InChI is InChI=1S/C31H35F2N7O3/c1-38-13-11-21(12-14-38)35-28(41)20-9-10-23(26(15-20)43-3)36-30-34-17-25-27(37-30)40(18-31(32,33)29(42)39(25)2)24-16-22(24)19-7-5-4-6-8-19/h4-10,15,17,21-22,24H,11-14,16,18H2,1-3H3,(H,35,41)(H,34,36,37). The van der Waals surface area contributed by atoms with Gasteiger partial charge in [-0.15, -0.1) is 0 Å². The van der Waals surface area contributed by atoms with E-state index in [4.69, 9.17) is 4.74 Å². The Hall–Kier alpha value is -4.32. The summed E-state index contributed by atoms with van der Waals surface area (Å²) < 4.78 is 35.8. The van der Waals surface area contributed by atoms with E-state index in [-0.39, 0.29) is 41.4 Å². The van der Waals surface area contributed by atoms with Gasteiger partial charge in [-0.3, -0.25) is 9.59 Å². The average molecular weight is 592 g/mol. The molecule has 3 heterocycles. The number of anilines is 4. The van der Waals surface area contributed by atoms with E-state index >= 15 is 8.78 Å². The molecule has 12 heteroatoms. The smallest absolute Gasteiger partial charge is 0.342 e. The Bertz CT molecular complexity index is 1510. The Morgan fingerprint density at radius 2 is 1.84 bits per heavy atom. The van der Waals surface area contributed by atoms with Gasteiger partial charge >= 0.3 is 5.92 Å². The molecule has 226 valence electrons. The first-order valence-electron chi connectivity index (χ1n) is 14.4. The topological polar surface area (TPSA) is 103 Å². The zero-order valence-corrected chi connectivity index (χ0v) is 24.4. The highest BCUT2D eigenvalue weighted by atomic mass is 19.3. The number of nitrogens with one attached hydrogen (secondary N) is 2. The van der Waals surface area contributed by atoms with E-state index in [1.807, 2.05) is 30.3 Å². The number of nitrogens with zero attached hydrogens (tertiary/aromatic N) is 5. The number of amides is 2. The molecule has 6 rings (SSSR count). The van der Waals surface area contributed by atoms with Crippen LogP contribution in [0.2, 0.25) is 0 Å². The molecule has 43 heavy (non-hydrogen) atoms. The van der Waals surface area contributed by atoms with Crippen LogP contribution >= 0.6 is 0 Å². The number of carbonyl (C=O) groups is 2. The van der Waals surface area contributed by atoms with Crippen molar-refractivity contribution in [1.82, 2.24) is 20.2 Å². The molecule has 3 aliphatic rings. The number of methoxy groups -OCH3 is 1. The highest BCUT2D eigenvalue weighted by molar-refractivity contribution is 6.02. The van der Waals surface area contributed by atoms with Crippen LogP contribution in [0.1, 0.15) is 41.1 Å². The van der Waals surface area contributed by atoms with E-state index in [1.54, 1.807) is 18.2 Å². The number of rotatable bonds is 7. The molecular weight excluding hydrogens is 556 g/mol. The van der Waals surface area contributed by atoms with Crippen molar-refractivity contribution in [3.05, 3.63) is 65.9 Å². The number of piperidine rings is 1. The molecule has 1 saturated heterocycles. The van der Waals surface area contributed by atoms with Crippen molar-refractivity contribution in [2.45, 2.75) is 43.2 Å². The number of aromatic nitrogens is 2. The normalized spacial score (nSPS) is 22.0. The Morgan fingerprint density at radius 1 is 1.09 bits per heavy atom. The molecule has 10 nitrogen and oxygen atoms in total. The van der Waals surface area contributed by atoms with Crippen LogP contribution in [0.3, 0.4) is 0 Å². The lowest BCUT2D eigenvalue weighted by Gasteiger charge is -2.29. The number of fused-ring (bicyclic) bond motifs is 1. The second-order valence-electron chi connectivity index (χ2n) is 11.5. The average Bonchev–Trinajstić information content (AvgIpc) is 3.82. The molecule has 0 spiro atoms. The third-order valence-corrected chi connectivity index (χ3v) is 8.52. The second kappa shape index (κ2) is 11.4. The van der Waals surface area contributed by atoms with Gasteiger partial charge in [0.05, 0.1) is 25.5 Å². The predicted octanol–water partition coefficient (Wildman–Crippen LogP) is 4.03. The summed E-state index contributed by atoms with van der Waals surface area (Å²) in [7, 11) is 4.88. The van der Waals surface area contributed by atoms with Crippen molar-refractivity contribution in [3.63, 3.8) is 0 Å². The summed E-state index contributed by atoms with van der Waals surface area (Å²) in [6.07, 6.45) is 3.84. The number of ether oxygens (including phenoxy) is 1. The number of hydrogen-bond acceptors (Lipinski definition) is 8. The molecule has 2 aromatic carbocycles. The van der Waals surface area contributed by atoms with Gasteiger partial charge in [0.2, 0.25) is 5.95 Å². The van der Waals surface area contributed by atoms with Crippen LogP contribution in [0, 0.1) is 0 Å². The molecule has 0 bridgehead atoms. The lowest BCUT2D eigenvalue weighted by molar-refractivity contribution is -0.140. The second-order valence-corrected chi connectivity index (χ2v) is 11.5. The van der Waals surface area contributed by atoms with Gasteiger partial charge in [0.25, 0.3) is 11.8 Å². The minimum absolute atomic E-state index is 0.0445. The van der Waals surface area contributed by atoms with Crippen LogP contribution in [0.25, 0.3) is 0 Å². The number of benzene rings is 2. The highest BCUT2D eigenvalue weighted by Gasteiger charge is 2.53. The zero-order valence-electron chi connectivity index (χ0n) is 24.4. The van der Waals surface area contributed by atoms with Crippen LogP contribution in [-0.2, 0) is 4.79 Å². The Labute approximate surface area is 249 Å². The number of halogens is 2. The minimum atomic E-state index is -3.60. The van der Waals surface area contributed by atoms with Gasteiger partial charge in [0.15, 0.2) is 5.82 Å². The van der Waals surface area contributed by atoms with Crippen molar-refractivity contribution < 1.29 is 23.1 Å². The first-order chi connectivity index (χ1) is 20.6. The van der Waals surface area contributed by atoms with Crippen molar-refractivity contribution in [2.24, 2.45) is 0 Å². The van der Waals surface area contributed by atoms with Crippen molar-refractivity contribution in [1.29, 1.82) is 0 Å². The Morgan fingerprint density at radius 3 is 2.56 bits per heavy atom. The van der Waals surface area contributed by atoms with Gasteiger partial charge < -0.3 is 30.1 Å². The monoisotopic (exact) mass is 591 g/mol. The first kappa shape index (κ1) is 28.8. The number of alkyl halides is 2. The van der Waals surface area contributed by atoms with Gasteiger partial charge in [-0.25, -0.2) is 4.98 Å². The van der Waals surface area contributed by atoms with Crippen molar-refractivity contribution in [2.75, 3.05) is 56.0 Å². The highest BCUT2D eigenvalue weighted by Crippen LogP contribution is 2.49. The number of carbonyl (C=O) groups excluding carboxylic acids is 2. The van der Waals surface area contributed by atoms with Crippen LogP contribution < -0.4 is 25.2 Å². The van der Waals surface area contributed by atoms with Crippen molar-refractivity contribution in [3.8, 4) is 5.75 Å². The number of likely N-dealkylation sites (tertiary alicyclic amines) is 1. The summed E-state index contributed by atoms with van der Waals surface area (Å²) in [5, 5.41) is 6.22. The molecule has 3 aromatic rings. The molecule has 0 radical (unpaired) electrons. The third-order valence-electron chi connectivity index (χ3n) is 8.52. The maximum Gasteiger partial charge on any atom is 0.342 e. The van der Waals surface area contributed by atoms with E-state index in [2.05, 4.69) is 32.5 Å². The summed E-state index contributed by atoms with van der Waals surface area (Å²) in [6.45, 7) is 1.09. The third kappa shape index (κ3) is 5.83. The zero-order chi connectivity index (χ0) is 30.3. The molecular formula is C31H35F2N7O3. The Kier molecular flexibility index (Phi) is 7.63. The van der Waals surface area contributed by atoms with E-state index in [9.17, 15) is 9.59 Å². The predicted molar refractivity (Wildman–Crippen MR) is 160 cm³/mol. The van der Waals surface area contributed by atoms with E-state index < -0.39 is 18.4 Å². The van der Waals surface area contributed by atoms with Gasteiger partial charge in [-0.05, 0) is 63.2 Å². The SMILES string of the molecule is COc1cc(C(=O)NC2CCN(C)CC2)ccc1Nc1ncc2c(n1)N(C1CC1c1ccccc1)CC(F)(F)C(=O)N2C. The molecule has 2 aliphatic heterocycles. The largest absolute Gasteiger partial charge is 0.495 e. The van der Waals surface area contributed by atoms with E-state index in [1.165, 1.54) is 25.3 Å². The van der Waals surface area contributed by atoms with Crippen molar-refractivity contribution >= 4 is 35.0 Å². The summed E-state index contributed by atoms with van der Waals surface area (Å²) in [6, 6.07) is 14.6. The molecule has 2 atom stereocenters. The van der Waals surface area contributed by atoms with Crippen LogP contribution in [-0.4, -0.2) is 85.5 Å². The van der Waals surface area contributed by atoms with Gasteiger partial charge in [-0.2, -0.15) is 13.8 Å². The molecule has 1 saturated carbocycles. The summed E-state index contributed by atoms with van der Waals surface area (Å²) in [5.41, 5.74) is 2.22. The fraction of sp³-hybridized carbons (Fsp3) is 0.419. The molecule has 2 N–H and O–H groups in total. The maximum absolute atomic E-state index is 15.1. The summed E-state index contributed by atoms with van der Waals surface area (Å²) in [5.74, 6) is -4.23. The minimum Gasteiger partial charge on any atom is -0.495 e. The summed E-state index contributed by atoms with van der Waals surface area (Å²) in [4.78, 5) is 39.3. The van der Waals surface area contributed by atoms with E-state index in [0.717, 1.165) is 36.4 Å². The molecule has 2 fully saturated rings. The lowest BCUT2D eigenvalue weighted by atomic mass is 10.0. The van der Waals surface area contributed by atoms with Gasteiger partial charge in [0.1, 0.15) is 11.4 Å². The molecule has 2 unspecified atom stereocenters. The molecule has 2 amide bonds. The van der Waals surface area contributed by atoms with Crippen LogP contribution in [0.4, 0.5) is 31.9 Å². The van der Waals surface area contributed by atoms with Crippen LogP contribution in [0.5, 0.6) is 5.75 Å². The lowest BCUT2D eigenvalue weighted by Crippen LogP contribution is -2.46. The molecule has 1 aromatic heterocycles. The number of hydrogen-bond donors (Lipinski definition) is 2. The quantitative estimate of drug-likeness (QED) is 0.425. The van der Waals surface area contributed by atoms with Gasteiger partial charge in [-0.1, -0.05) is 30.3 Å².